The first-order valence-corrected chi connectivity index (χ1v) is 7.27. The van der Waals surface area contributed by atoms with Crippen LogP contribution in [0.1, 0.15) is 23.0 Å². The molecule has 0 fully saturated rings. The van der Waals surface area contributed by atoms with Gasteiger partial charge in [-0.3, -0.25) is 9.59 Å². The van der Waals surface area contributed by atoms with Crippen molar-refractivity contribution in [1.82, 2.24) is 9.78 Å². The van der Waals surface area contributed by atoms with Gasteiger partial charge in [0.25, 0.3) is 17.8 Å². The number of aromatic nitrogens is 2. The summed E-state index contributed by atoms with van der Waals surface area (Å²) in [5.41, 5.74) is 1.89. The van der Waals surface area contributed by atoms with Crippen LogP contribution in [0.3, 0.4) is 0 Å². The Labute approximate surface area is 138 Å². The van der Waals surface area contributed by atoms with E-state index in [-0.39, 0.29) is 17.4 Å². The van der Waals surface area contributed by atoms with Gasteiger partial charge in [0.2, 0.25) is 0 Å². The molecule has 1 aromatic carbocycles. The topological polar surface area (TPSA) is 88.7 Å². The minimum absolute atomic E-state index is 0.0985. The second kappa shape index (κ2) is 6.04. The van der Waals surface area contributed by atoms with Gasteiger partial charge >= 0.3 is 0 Å². The molecule has 2 aromatic rings. The molecule has 0 unspecified atom stereocenters. The van der Waals surface area contributed by atoms with E-state index in [1.807, 2.05) is 6.07 Å². The van der Waals surface area contributed by atoms with Crippen LogP contribution in [0.25, 0.3) is 0 Å². The van der Waals surface area contributed by atoms with Crippen LogP contribution in [0.15, 0.2) is 58.5 Å². The first-order chi connectivity index (χ1) is 11.5. The minimum Gasteiger partial charge on any atom is -0.306 e. The Kier molecular flexibility index (Phi) is 3.91. The van der Waals surface area contributed by atoms with Crippen LogP contribution in [0.5, 0.6) is 0 Å². The fraction of sp³-hybridized carbons (Fsp3) is 0.118. The van der Waals surface area contributed by atoms with Crippen molar-refractivity contribution in [2.45, 2.75) is 13.8 Å². The summed E-state index contributed by atoms with van der Waals surface area (Å²) in [6.45, 7) is 7.08. The number of aryl methyl sites for hydroxylation is 1. The maximum Gasteiger partial charge on any atom is 0.281 e. The van der Waals surface area contributed by atoms with E-state index in [1.54, 1.807) is 44.2 Å². The maximum absolute atomic E-state index is 12.3. The molecule has 0 radical (unpaired) electrons. The molecule has 1 aliphatic heterocycles. The highest BCUT2D eigenvalue weighted by Gasteiger charge is 2.21. The summed E-state index contributed by atoms with van der Waals surface area (Å²) in [7, 11) is 0. The van der Waals surface area contributed by atoms with Crippen LogP contribution >= 0.6 is 0 Å². The molecular weight excluding hydrogens is 306 g/mol. The van der Waals surface area contributed by atoms with Crippen LogP contribution in [0, 0.1) is 6.92 Å². The maximum atomic E-state index is 12.3. The van der Waals surface area contributed by atoms with Crippen LogP contribution in [0.2, 0.25) is 0 Å². The van der Waals surface area contributed by atoms with Gasteiger partial charge < -0.3 is 5.32 Å². The normalized spacial score (nSPS) is 14.2. The van der Waals surface area contributed by atoms with Crippen molar-refractivity contribution < 1.29 is 9.59 Å². The molecule has 24 heavy (non-hydrogen) atoms. The number of benzene rings is 1. The molecule has 2 heterocycles. The number of hydrogen-bond acceptors (Lipinski definition) is 4. The standard InChI is InChI=1S/C17H15N5O2/c1-10-9-14(19-16(24)13-7-5-4-6-8-13)22(21-10)17-18-12(3)11(2)15(23)20-17/h4-9H,2H2,1,3H3,(H,19,24). The van der Waals surface area contributed by atoms with Gasteiger partial charge in [0, 0.05) is 11.6 Å². The number of nitrogens with one attached hydrogen (secondary N) is 1. The van der Waals surface area contributed by atoms with Gasteiger partial charge in [-0.2, -0.15) is 14.8 Å². The lowest BCUT2D eigenvalue weighted by molar-refractivity contribution is -0.113. The molecule has 0 spiro atoms. The van der Waals surface area contributed by atoms with Crippen molar-refractivity contribution in [3.8, 4) is 0 Å². The molecule has 0 atom stereocenters. The van der Waals surface area contributed by atoms with E-state index in [4.69, 9.17) is 0 Å². The van der Waals surface area contributed by atoms with Crippen molar-refractivity contribution in [2.24, 2.45) is 9.98 Å². The largest absolute Gasteiger partial charge is 0.306 e. The zero-order valence-corrected chi connectivity index (χ0v) is 13.3. The Bertz CT molecular complexity index is 906. The van der Waals surface area contributed by atoms with E-state index >= 15 is 0 Å². The Balaban J connectivity index is 1.95. The van der Waals surface area contributed by atoms with E-state index in [0.29, 0.717) is 22.8 Å². The van der Waals surface area contributed by atoms with E-state index in [9.17, 15) is 9.59 Å². The van der Waals surface area contributed by atoms with E-state index in [2.05, 4.69) is 27.0 Å². The molecule has 0 saturated heterocycles. The van der Waals surface area contributed by atoms with Gasteiger partial charge in [-0.05, 0) is 26.0 Å². The highest BCUT2D eigenvalue weighted by Crippen LogP contribution is 2.15. The summed E-state index contributed by atoms with van der Waals surface area (Å²) >= 11 is 0. The fourth-order valence-corrected chi connectivity index (χ4v) is 2.17. The summed E-state index contributed by atoms with van der Waals surface area (Å²) in [5, 5.41) is 7.02. The Morgan fingerprint density at radius 3 is 2.54 bits per heavy atom. The Morgan fingerprint density at radius 2 is 1.88 bits per heavy atom. The molecular formula is C17H15N5O2. The van der Waals surface area contributed by atoms with Crippen molar-refractivity contribution >= 4 is 29.3 Å². The highest BCUT2D eigenvalue weighted by molar-refractivity contribution is 6.28. The van der Waals surface area contributed by atoms with Gasteiger partial charge in [-0.1, -0.05) is 24.8 Å². The molecule has 1 N–H and O–H groups in total. The van der Waals surface area contributed by atoms with Crippen LogP contribution in [-0.2, 0) is 4.79 Å². The third kappa shape index (κ3) is 2.91. The number of hydrogen-bond donors (Lipinski definition) is 1. The third-order valence-corrected chi connectivity index (χ3v) is 3.46. The molecule has 0 saturated carbocycles. The smallest absolute Gasteiger partial charge is 0.281 e. The molecule has 1 aromatic heterocycles. The van der Waals surface area contributed by atoms with E-state index in [0.717, 1.165) is 0 Å². The summed E-state index contributed by atoms with van der Waals surface area (Å²) in [6, 6.07) is 10.5. The predicted octanol–water partition coefficient (Wildman–Crippen LogP) is 2.21. The lowest BCUT2D eigenvalue weighted by atomic mass is 10.2. The SMILES string of the molecule is C=C1C(=O)N=C(n2nc(C)cc2NC(=O)c2ccccc2)N=C1C. The van der Waals surface area contributed by atoms with Gasteiger partial charge in [-0.15, -0.1) is 0 Å². The van der Waals surface area contributed by atoms with Crippen molar-refractivity contribution in [3.63, 3.8) is 0 Å². The summed E-state index contributed by atoms with van der Waals surface area (Å²) in [4.78, 5) is 32.3. The van der Waals surface area contributed by atoms with Crippen molar-refractivity contribution in [2.75, 3.05) is 5.32 Å². The number of rotatable bonds is 2. The van der Waals surface area contributed by atoms with Gasteiger partial charge in [0.15, 0.2) is 0 Å². The number of aliphatic imine (C=N–C) groups is 2. The molecule has 2 amide bonds. The number of nitrogens with zero attached hydrogens (tertiary/aromatic N) is 4. The molecule has 7 heteroatoms. The first-order valence-electron chi connectivity index (χ1n) is 7.27. The lowest BCUT2D eigenvalue weighted by Gasteiger charge is -2.12. The molecule has 3 rings (SSSR count). The second-order valence-electron chi connectivity index (χ2n) is 5.30. The minimum atomic E-state index is -0.467. The zero-order chi connectivity index (χ0) is 17.3. The molecule has 1 aliphatic rings. The van der Waals surface area contributed by atoms with Crippen molar-refractivity contribution in [3.05, 3.63) is 59.8 Å². The third-order valence-electron chi connectivity index (χ3n) is 3.46. The highest BCUT2D eigenvalue weighted by atomic mass is 16.2. The zero-order valence-electron chi connectivity index (χ0n) is 13.3. The summed E-state index contributed by atoms with van der Waals surface area (Å²) < 4.78 is 1.34. The summed E-state index contributed by atoms with van der Waals surface area (Å²) in [6.07, 6.45) is 0. The van der Waals surface area contributed by atoms with Crippen LogP contribution in [-0.4, -0.2) is 33.3 Å². The monoisotopic (exact) mass is 321 g/mol. The molecule has 0 aliphatic carbocycles. The first kappa shape index (κ1) is 15.5. The fourth-order valence-electron chi connectivity index (χ4n) is 2.17. The quantitative estimate of drug-likeness (QED) is 0.860. The average Bonchev–Trinajstić information content (AvgIpc) is 2.93. The van der Waals surface area contributed by atoms with E-state index < -0.39 is 5.91 Å². The molecule has 120 valence electrons. The average molecular weight is 321 g/mol. The number of carbonyl (C=O) groups excluding carboxylic acids is 2. The Hall–Kier alpha value is -3.35. The van der Waals surface area contributed by atoms with Crippen LogP contribution in [0.4, 0.5) is 5.82 Å². The molecule has 7 nitrogen and oxygen atoms in total. The van der Waals surface area contributed by atoms with Gasteiger partial charge in [0.1, 0.15) is 5.82 Å². The second-order valence-corrected chi connectivity index (χ2v) is 5.30. The number of amides is 2. The number of carbonyl (C=O) groups is 2. The Morgan fingerprint density at radius 1 is 1.17 bits per heavy atom. The number of anilines is 1. The lowest BCUT2D eigenvalue weighted by Crippen LogP contribution is -2.25. The molecule has 0 bridgehead atoms. The van der Waals surface area contributed by atoms with Crippen molar-refractivity contribution in [1.29, 1.82) is 0 Å². The van der Waals surface area contributed by atoms with Gasteiger partial charge in [0.05, 0.1) is 17.0 Å². The van der Waals surface area contributed by atoms with Crippen LogP contribution < -0.4 is 5.32 Å². The van der Waals surface area contributed by atoms with Gasteiger partial charge in [-0.25, -0.2) is 4.99 Å². The summed E-state index contributed by atoms with van der Waals surface area (Å²) in [5.74, 6) is -0.270. The predicted molar refractivity (Wildman–Crippen MR) is 91.4 cm³/mol. The van der Waals surface area contributed by atoms with E-state index in [1.165, 1.54) is 4.68 Å².